The highest BCUT2D eigenvalue weighted by atomic mass is 16.2. The van der Waals surface area contributed by atoms with Gasteiger partial charge in [-0.1, -0.05) is 91.0 Å². The molecule has 0 bridgehead atoms. The van der Waals surface area contributed by atoms with Gasteiger partial charge in [-0.25, -0.2) is 0 Å². The summed E-state index contributed by atoms with van der Waals surface area (Å²) < 4.78 is 0. The van der Waals surface area contributed by atoms with Crippen LogP contribution in [-0.4, -0.2) is 29.4 Å². The van der Waals surface area contributed by atoms with E-state index in [0.29, 0.717) is 18.0 Å². The molecule has 1 aliphatic carbocycles. The molecule has 1 saturated carbocycles. The molecule has 32 heavy (non-hydrogen) atoms. The van der Waals surface area contributed by atoms with Crippen LogP contribution in [0.2, 0.25) is 0 Å². The summed E-state index contributed by atoms with van der Waals surface area (Å²) in [4.78, 5) is 16.3. The summed E-state index contributed by atoms with van der Waals surface area (Å²) in [7, 11) is 0. The number of rotatable bonds is 6. The lowest BCUT2D eigenvalue weighted by Crippen LogP contribution is -2.49. The van der Waals surface area contributed by atoms with Crippen LogP contribution in [0.15, 0.2) is 91.0 Å². The molecule has 2 aliphatic rings. The first-order valence-electron chi connectivity index (χ1n) is 11.9. The summed E-state index contributed by atoms with van der Waals surface area (Å²) in [5.41, 5.74) is 3.45. The van der Waals surface area contributed by atoms with E-state index in [4.69, 9.17) is 0 Å². The van der Waals surface area contributed by atoms with Crippen LogP contribution in [0.25, 0.3) is 0 Å². The number of benzene rings is 3. The minimum atomic E-state index is -0.280. The van der Waals surface area contributed by atoms with Crippen LogP contribution in [-0.2, 0) is 4.79 Å². The van der Waals surface area contributed by atoms with Gasteiger partial charge in [0.25, 0.3) is 0 Å². The normalized spacial score (nSPS) is 23.8. The third-order valence-electron chi connectivity index (χ3n) is 7.52. The SMILES string of the molecule is C[C@H](c1ccccc1)N1CC[C@H]2CC[C@H](NC(=O)C(c3ccccc3)c3ccccc3)[C@H]21. The molecule has 1 aliphatic heterocycles. The second kappa shape index (κ2) is 9.30. The Kier molecular flexibility index (Phi) is 6.09. The molecule has 1 heterocycles. The van der Waals surface area contributed by atoms with Crippen molar-refractivity contribution in [3.8, 4) is 0 Å². The van der Waals surface area contributed by atoms with Crippen molar-refractivity contribution >= 4 is 5.91 Å². The maximum atomic E-state index is 13.7. The first kappa shape index (κ1) is 21.0. The highest BCUT2D eigenvalue weighted by Gasteiger charge is 2.46. The zero-order valence-corrected chi connectivity index (χ0v) is 18.7. The molecule has 164 valence electrons. The molecule has 0 aromatic heterocycles. The van der Waals surface area contributed by atoms with Crippen LogP contribution in [0.3, 0.4) is 0 Å². The molecular formula is C29H32N2O. The first-order valence-corrected chi connectivity index (χ1v) is 11.9. The zero-order chi connectivity index (χ0) is 21.9. The van der Waals surface area contributed by atoms with Crippen molar-refractivity contribution in [2.75, 3.05) is 6.54 Å². The molecule has 3 heteroatoms. The standard InChI is InChI=1S/C29H32N2O/c1-21(22-11-5-2-6-12-22)31-20-19-25-17-18-26(28(25)31)30-29(32)27(23-13-7-3-8-14-23)24-15-9-4-10-16-24/h2-16,21,25-28H,17-20H2,1H3,(H,30,32)/t21-,25-,26+,28+/m1/s1. The van der Waals surface area contributed by atoms with Crippen LogP contribution >= 0.6 is 0 Å². The molecule has 5 rings (SSSR count). The molecule has 1 saturated heterocycles. The largest absolute Gasteiger partial charge is 0.351 e. The van der Waals surface area contributed by atoms with Crippen LogP contribution < -0.4 is 5.32 Å². The van der Waals surface area contributed by atoms with Gasteiger partial charge in [0.05, 0.1) is 5.92 Å². The lowest BCUT2D eigenvalue weighted by molar-refractivity contribution is -0.122. The van der Waals surface area contributed by atoms with Crippen molar-refractivity contribution in [3.05, 3.63) is 108 Å². The Morgan fingerprint density at radius 1 is 0.781 bits per heavy atom. The monoisotopic (exact) mass is 424 g/mol. The van der Waals surface area contributed by atoms with E-state index in [-0.39, 0.29) is 17.9 Å². The summed E-state index contributed by atoms with van der Waals surface area (Å²) in [6.45, 7) is 3.42. The van der Waals surface area contributed by atoms with Gasteiger partial charge >= 0.3 is 0 Å². The van der Waals surface area contributed by atoms with Gasteiger partial charge in [0, 0.05) is 18.1 Å². The van der Waals surface area contributed by atoms with E-state index in [2.05, 4.69) is 71.7 Å². The molecule has 0 spiro atoms. The van der Waals surface area contributed by atoms with E-state index in [9.17, 15) is 4.79 Å². The third-order valence-corrected chi connectivity index (χ3v) is 7.52. The van der Waals surface area contributed by atoms with Crippen molar-refractivity contribution in [2.24, 2.45) is 5.92 Å². The van der Waals surface area contributed by atoms with E-state index in [1.54, 1.807) is 0 Å². The van der Waals surface area contributed by atoms with Crippen LogP contribution in [0.1, 0.15) is 54.8 Å². The number of fused-ring (bicyclic) bond motifs is 1. The van der Waals surface area contributed by atoms with Crippen LogP contribution in [0.5, 0.6) is 0 Å². The van der Waals surface area contributed by atoms with Gasteiger partial charge in [-0.2, -0.15) is 0 Å². The number of hydrogen-bond acceptors (Lipinski definition) is 2. The smallest absolute Gasteiger partial charge is 0.232 e. The Balaban J connectivity index is 1.38. The minimum Gasteiger partial charge on any atom is -0.351 e. The minimum absolute atomic E-state index is 0.118. The third kappa shape index (κ3) is 4.10. The van der Waals surface area contributed by atoms with Gasteiger partial charge in [-0.15, -0.1) is 0 Å². The molecule has 4 atom stereocenters. The van der Waals surface area contributed by atoms with Gasteiger partial charge in [-0.3, -0.25) is 9.69 Å². The number of nitrogens with zero attached hydrogens (tertiary/aromatic N) is 1. The Bertz CT molecular complexity index is 981. The van der Waals surface area contributed by atoms with Gasteiger partial charge < -0.3 is 5.32 Å². The van der Waals surface area contributed by atoms with Crippen molar-refractivity contribution in [2.45, 2.75) is 50.2 Å². The van der Waals surface area contributed by atoms with E-state index >= 15 is 0 Å². The number of hydrogen-bond donors (Lipinski definition) is 1. The molecule has 1 amide bonds. The van der Waals surface area contributed by atoms with Gasteiger partial charge in [0.2, 0.25) is 5.91 Å². The molecule has 0 radical (unpaired) electrons. The fourth-order valence-corrected chi connectivity index (χ4v) is 5.93. The molecule has 1 N–H and O–H groups in total. The average Bonchev–Trinajstić information content (AvgIpc) is 3.44. The number of amides is 1. The van der Waals surface area contributed by atoms with Crippen molar-refractivity contribution in [1.82, 2.24) is 10.2 Å². The lowest BCUT2D eigenvalue weighted by Gasteiger charge is -2.35. The Morgan fingerprint density at radius 2 is 1.31 bits per heavy atom. The lowest BCUT2D eigenvalue weighted by atomic mass is 9.90. The summed E-state index contributed by atoms with van der Waals surface area (Å²) in [5, 5.41) is 3.50. The van der Waals surface area contributed by atoms with Gasteiger partial charge in [0.15, 0.2) is 0 Å². The predicted molar refractivity (Wildman–Crippen MR) is 129 cm³/mol. The topological polar surface area (TPSA) is 32.3 Å². The quantitative estimate of drug-likeness (QED) is 0.563. The summed E-state index contributed by atoms with van der Waals surface area (Å²) in [6.07, 6.45) is 3.50. The van der Waals surface area contributed by atoms with Gasteiger partial charge in [0.1, 0.15) is 0 Å². The highest BCUT2D eigenvalue weighted by molar-refractivity contribution is 5.87. The molecule has 2 fully saturated rings. The Labute approximate surface area is 191 Å². The number of carbonyl (C=O) groups excluding carboxylic acids is 1. The van der Waals surface area contributed by atoms with Crippen molar-refractivity contribution < 1.29 is 4.79 Å². The number of carbonyl (C=O) groups is 1. The van der Waals surface area contributed by atoms with Crippen LogP contribution in [0, 0.1) is 5.92 Å². The zero-order valence-electron chi connectivity index (χ0n) is 18.7. The van der Waals surface area contributed by atoms with E-state index in [1.165, 1.54) is 18.4 Å². The highest BCUT2D eigenvalue weighted by Crippen LogP contribution is 2.42. The summed E-state index contributed by atoms with van der Waals surface area (Å²) in [5.74, 6) is 0.517. The van der Waals surface area contributed by atoms with Crippen molar-refractivity contribution in [1.29, 1.82) is 0 Å². The molecule has 3 nitrogen and oxygen atoms in total. The summed E-state index contributed by atoms with van der Waals surface area (Å²) in [6, 6.07) is 32.1. The summed E-state index contributed by atoms with van der Waals surface area (Å²) >= 11 is 0. The second-order valence-corrected chi connectivity index (χ2v) is 9.31. The predicted octanol–water partition coefficient (Wildman–Crippen LogP) is 5.55. The van der Waals surface area contributed by atoms with E-state index in [0.717, 1.165) is 24.1 Å². The average molecular weight is 425 g/mol. The molecule has 3 aromatic rings. The Hall–Kier alpha value is -2.91. The molecular weight excluding hydrogens is 392 g/mol. The van der Waals surface area contributed by atoms with Gasteiger partial charge in [-0.05, 0) is 55.3 Å². The van der Waals surface area contributed by atoms with Crippen LogP contribution in [0.4, 0.5) is 0 Å². The molecule has 0 unspecified atom stereocenters. The van der Waals surface area contributed by atoms with E-state index in [1.807, 2.05) is 36.4 Å². The molecule has 3 aromatic carbocycles. The first-order chi connectivity index (χ1) is 15.7. The maximum Gasteiger partial charge on any atom is 0.232 e. The number of likely N-dealkylation sites (tertiary alicyclic amines) is 1. The number of nitrogens with one attached hydrogen (secondary N) is 1. The second-order valence-electron chi connectivity index (χ2n) is 9.31. The maximum absolute atomic E-state index is 13.7. The Morgan fingerprint density at radius 3 is 1.88 bits per heavy atom. The fraction of sp³-hybridized carbons (Fsp3) is 0.345. The van der Waals surface area contributed by atoms with Crippen molar-refractivity contribution in [3.63, 3.8) is 0 Å². The van der Waals surface area contributed by atoms with E-state index < -0.39 is 0 Å². The fourth-order valence-electron chi connectivity index (χ4n) is 5.93.